The molecule has 0 fully saturated rings. The molecule has 4 atom stereocenters. The summed E-state index contributed by atoms with van der Waals surface area (Å²) in [6, 6.07) is 18.9. The highest BCUT2D eigenvalue weighted by molar-refractivity contribution is 5.96. The predicted octanol–water partition coefficient (Wildman–Crippen LogP) is 1.15. The summed E-state index contributed by atoms with van der Waals surface area (Å²) in [4.78, 5) is 78.6. The van der Waals surface area contributed by atoms with Crippen molar-refractivity contribution in [2.75, 3.05) is 6.54 Å². The zero-order valence-electron chi connectivity index (χ0n) is 29.6. The van der Waals surface area contributed by atoms with E-state index in [-0.39, 0.29) is 56.7 Å². The molecule has 4 aromatic rings. The maximum Gasteiger partial charge on any atom is 0.246 e. The molecule has 2 aliphatic heterocycles. The van der Waals surface area contributed by atoms with E-state index in [1.807, 2.05) is 72.8 Å². The Balaban J connectivity index is 1.25. The van der Waals surface area contributed by atoms with Crippen molar-refractivity contribution in [2.24, 2.45) is 22.2 Å². The Morgan fingerprint density at radius 2 is 1.40 bits per heavy atom. The number of guanidine groups is 1. The van der Waals surface area contributed by atoms with Gasteiger partial charge in [0.25, 0.3) is 0 Å². The van der Waals surface area contributed by atoms with E-state index in [0.717, 1.165) is 38.7 Å². The number of nitrogens with zero attached hydrogens (tertiary/aromatic N) is 3. The number of primary amides is 1. The molecule has 5 amide bonds. The summed E-state index contributed by atoms with van der Waals surface area (Å²) in [5.41, 5.74) is 22.2. The van der Waals surface area contributed by atoms with Crippen LogP contribution in [0.3, 0.4) is 0 Å². The number of rotatable bonds is 12. The van der Waals surface area contributed by atoms with Gasteiger partial charge in [0.1, 0.15) is 24.2 Å². The van der Waals surface area contributed by atoms with Gasteiger partial charge < -0.3 is 42.6 Å². The molecule has 0 spiro atoms. The molecule has 276 valence electrons. The highest BCUT2D eigenvalue weighted by Gasteiger charge is 2.42. The third-order valence-electron chi connectivity index (χ3n) is 10.1. The number of fused-ring (bicyclic) bond motifs is 3. The minimum atomic E-state index is -1.12. The molecule has 0 unspecified atom stereocenters. The lowest BCUT2D eigenvalue weighted by Gasteiger charge is -2.42. The van der Waals surface area contributed by atoms with Gasteiger partial charge in [-0.2, -0.15) is 0 Å². The highest BCUT2D eigenvalue weighted by Crippen LogP contribution is 2.29. The molecular weight excluding hydrogens is 674 g/mol. The Kier molecular flexibility index (Phi) is 11.1. The van der Waals surface area contributed by atoms with Gasteiger partial charge in [0.2, 0.25) is 29.5 Å². The predicted molar refractivity (Wildman–Crippen MR) is 200 cm³/mol. The SMILES string of the molecule is CC(=O)N1Cc2ccccc2C[C@H]1C(=O)N1Cc2ccccc2C[C@@H]1C(=O)N[C@@H](CCCN=C(N)N)C(=O)N[C@@H](Cc1c[nH]c2ccccc12)C(N)=O. The summed E-state index contributed by atoms with van der Waals surface area (Å²) in [7, 11) is 0. The molecule has 0 saturated carbocycles. The molecule has 2 aliphatic rings. The highest BCUT2D eigenvalue weighted by atomic mass is 16.2. The fourth-order valence-electron chi connectivity index (χ4n) is 7.31. The van der Waals surface area contributed by atoms with Crippen molar-refractivity contribution in [3.05, 3.63) is 107 Å². The second-order valence-corrected chi connectivity index (χ2v) is 13.6. The largest absolute Gasteiger partial charge is 0.370 e. The number of carbonyl (C=O) groups excluding carboxylic acids is 5. The minimum Gasteiger partial charge on any atom is -0.370 e. The summed E-state index contributed by atoms with van der Waals surface area (Å²) in [6.07, 6.45) is 2.85. The lowest BCUT2D eigenvalue weighted by atomic mass is 9.89. The van der Waals surface area contributed by atoms with Crippen LogP contribution in [0, 0.1) is 0 Å². The van der Waals surface area contributed by atoms with E-state index in [9.17, 15) is 24.0 Å². The molecule has 14 heteroatoms. The van der Waals surface area contributed by atoms with Gasteiger partial charge in [-0.3, -0.25) is 29.0 Å². The quantitative estimate of drug-likeness (QED) is 0.0711. The van der Waals surface area contributed by atoms with Crippen molar-refractivity contribution in [1.29, 1.82) is 0 Å². The van der Waals surface area contributed by atoms with Crippen LogP contribution >= 0.6 is 0 Å². The second kappa shape index (κ2) is 16.0. The zero-order chi connectivity index (χ0) is 37.6. The number of hydrogen-bond donors (Lipinski definition) is 6. The van der Waals surface area contributed by atoms with Gasteiger partial charge in [-0.05, 0) is 46.7 Å². The third kappa shape index (κ3) is 8.32. The lowest BCUT2D eigenvalue weighted by Crippen LogP contribution is -2.61. The molecule has 0 saturated heterocycles. The molecule has 0 bridgehead atoms. The van der Waals surface area contributed by atoms with Gasteiger partial charge in [-0.25, -0.2) is 0 Å². The molecule has 9 N–H and O–H groups in total. The Morgan fingerprint density at radius 1 is 0.792 bits per heavy atom. The van der Waals surface area contributed by atoms with Crippen LogP contribution in [0.1, 0.15) is 47.6 Å². The number of H-pyrrole nitrogens is 1. The molecule has 14 nitrogen and oxygen atoms in total. The number of nitrogens with two attached hydrogens (primary N) is 3. The standard InChI is InChI=1S/C39H45N9O5/c1-23(49)47-21-26-11-4-3-10-25(26)19-34(47)38(53)48-22-27-12-5-2-9-24(27)18-33(48)37(52)45-31(15-8-16-43-39(41)42)36(51)46-32(35(40)50)17-28-20-44-30-14-7-6-13-29(28)30/h2-7,9-14,20,31-34,44H,8,15-19,21-22H2,1H3,(H2,40,50)(H,45,52)(H,46,51)(H4,41,42,43)/t31-,32-,33+,34-/m0/s1. The van der Waals surface area contributed by atoms with Crippen molar-refractivity contribution < 1.29 is 24.0 Å². The summed E-state index contributed by atoms with van der Waals surface area (Å²) in [6.45, 7) is 2.06. The number of amides is 5. The maximum atomic E-state index is 14.5. The number of para-hydroxylation sites is 1. The number of aromatic amines is 1. The van der Waals surface area contributed by atoms with Crippen LogP contribution in [0.2, 0.25) is 0 Å². The number of benzene rings is 3. The Morgan fingerprint density at radius 3 is 2.04 bits per heavy atom. The van der Waals surface area contributed by atoms with Crippen molar-refractivity contribution in [3.63, 3.8) is 0 Å². The minimum absolute atomic E-state index is 0.109. The van der Waals surface area contributed by atoms with Gasteiger partial charge >= 0.3 is 0 Å². The van der Waals surface area contributed by atoms with Crippen LogP contribution in [-0.2, 0) is 56.3 Å². The molecule has 3 aromatic carbocycles. The van der Waals surface area contributed by atoms with Crippen LogP contribution in [0.25, 0.3) is 10.9 Å². The number of aromatic nitrogens is 1. The molecule has 0 aliphatic carbocycles. The zero-order valence-corrected chi connectivity index (χ0v) is 29.6. The first-order chi connectivity index (χ1) is 25.5. The molecule has 1 aromatic heterocycles. The van der Waals surface area contributed by atoms with E-state index in [4.69, 9.17) is 17.2 Å². The van der Waals surface area contributed by atoms with Crippen LogP contribution in [0.4, 0.5) is 0 Å². The number of aliphatic imine (C=N–C) groups is 1. The van der Waals surface area contributed by atoms with E-state index in [1.165, 1.54) is 11.8 Å². The summed E-state index contributed by atoms with van der Waals surface area (Å²) in [5, 5.41) is 6.53. The normalized spacial score (nSPS) is 17.5. The maximum absolute atomic E-state index is 14.5. The lowest BCUT2D eigenvalue weighted by molar-refractivity contribution is -0.151. The Hall–Kier alpha value is -6.18. The van der Waals surface area contributed by atoms with E-state index < -0.39 is 41.9 Å². The van der Waals surface area contributed by atoms with E-state index >= 15 is 0 Å². The Bertz CT molecular complexity index is 2060. The first-order valence-corrected chi connectivity index (χ1v) is 17.7. The fourth-order valence-corrected chi connectivity index (χ4v) is 7.31. The van der Waals surface area contributed by atoms with Crippen LogP contribution in [0.5, 0.6) is 0 Å². The third-order valence-corrected chi connectivity index (χ3v) is 10.1. The first kappa shape index (κ1) is 36.6. The first-order valence-electron chi connectivity index (χ1n) is 17.7. The second-order valence-electron chi connectivity index (χ2n) is 13.6. The topological polar surface area (TPSA) is 222 Å². The van der Waals surface area contributed by atoms with E-state index in [2.05, 4.69) is 20.6 Å². The number of nitrogens with one attached hydrogen (secondary N) is 3. The van der Waals surface area contributed by atoms with Crippen molar-refractivity contribution >= 4 is 46.4 Å². The molecule has 0 radical (unpaired) electrons. The van der Waals surface area contributed by atoms with Crippen molar-refractivity contribution in [3.8, 4) is 0 Å². The van der Waals surface area contributed by atoms with Gasteiger partial charge in [0.05, 0.1) is 0 Å². The van der Waals surface area contributed by atoms with E-state index in [1.54, 1.807) is 11.1 Å². The van der Waals surface area contributed by atoms with Gasteiger partial charge in [-0.15, -0.1) is 0 Å². The summed E-state index contributed by atoms with van der Waals surface area (Å²) >= 11 is 0. The summed E-state index contributed by atoms with van der Waals surface area (Å²) < 4.78 is 0. The van der Waals surface area contributed by atoms with Crippen LogP contribution in [-0.4, -0.2) is 81.0 Å². The number of carbonyl (C=O) groups is 5. The van der Waals surface area contributed by atoms with Crippen LogP contribution < -0.4 is 27.8 Å². The fraction of sp³-hybridized carbons (Fsp3) is 0.333. The monoisotopic (exact) mass is 719 g/mol. The van der Waals surface area contributed by atoms with Gasteiger partial charge in [-0.1, -0.05) is 66.7 Å². The molecule has 53 heavy (non-hydrogen) atoms. The van der Waals surface area contributed by atoms with E-state index in [0.29, 0.717) is 12.8 Å². The smallest absolute Gasteiger partial charge is 0.246 e. The van der Waals surface area contributed by atoms with Gasteiger partial charge in [0.15, 0.2) is 5.96 Å². The van der Waals surface area contributed by atoms with Crippen LogP contribution in [0.15, 0.2) is 84.0 Å². The summed E-state index contributed by atoms with van der Waals surface area (Å²) in [5.74, 6) is -2.61. The van der Waals surface area contributed by atoms with Crippen molar-refractivity contribution in [2.45, 2.75) is 76.3 Å². The molecule has 3 heterocycles. The van der Waals surface area contributed by atoms with Gasteiger partial charge in [0, 0.05) is 62.9 Å². The number of hydrogen-bond acceptors (Lipinski definition) is 6. The Labute approximate surface area is 307 Å². The molecular formula is C39H45N9O5. The average Bonchev–Trinajstić information content (AvgIpc) is 3.56. The molecule has 6 rings (SSSR count). The van der Waals surface area contributed by atoms with Crippen molar-refractivity contribution in [1.82, 2.24) is 25.4 Å². The average molecular weight is 720 g/mol.